The minimum absolute atomic E-state index is 0.0337. The van der Waals surface area contributed by atoms with Gasteiger partial charge in [0.15, 0.2) is 5.78 Å². The minimum Gasteiger partial charge on any atom is -0.381 e. The first-order valence-corrected chi connectivity index (χ1v) is 10.0. The second-order valence-corrected chi connectivity index (χ2v) is 7.63. The van der Waals surface area contributed by atoms with Gasteiger partial charge in [0.05, 0.1) is 36.7 Å². The number of carbonyl (C=O) groups excluding carboxylic acids is 1. The molecule has 0 amide bonds. The number of ketones is 1. The van der Waals surface area contributed by atoms with Crippen LogP contribution in [0.4, 0.5) is 0 Å². The number of nitrogens with zero attached hydrogens (tertiary/aromatic N) is 6. The number of hydrogen-bond acceptors (Lipinski definition) is 6. The third-order valence-corrected chi connectivity index (χ3v) is 5.58. The van der Waals surface area contributed by atoms with Gasteiger partial charge in [0.2, 0.25) is 0 Å². The van der Waals surface area contributed by atoms with E-state index in [0.29, 0.717) is 11.7 Å². The van der Waals surface area contributed by atoms with Crippen LogP contribution in [-0.4, -0.2) is 48.1 Å². The van der Waals surface area contributed by atoms with Crippen LogP contribution in [0.15, 0.2) is 49.6 Å². The van der Waals surface area contributed by atoms with Crippen molar-refractivity contribution in [2.75, 3.05) is 13.2 Å². The highest BCUT2D eigenvalue weighted by Crippen LogP contribution is 2.23. The molecule has 152 valence electrons. The molecule has 4 aromatic rings. The number of aromatic nitrogens is 6. The molecule has 8 heteroatoms. The highest BCUT2D eigenvalue weighted by atomic mass is 16.5. The molecular formula is C22H22N6O2. The zero-order valence-corrected chi connectivity index (χ0v) is 16.7. The molecule has 0 bridgehead atoms. The lowest BCUT2D eigenvalue weighted by molar-refractivity contribution is 0.0695. The van der Waals surface area contributed by atoms with Crippen LogP contribution < -0.4 is 0 Å². The maximum Gasteiger partial charge on any atom is 0.188 e. The normalized spacial score (nSPS) is 15.0. The van der Waals surface area contributed by atoms with Gasteiger partial charge in [-0.25, -0.2) is 9.97 Å². The van der Waals surface area contributed by atoms with E-state index < -0.39 is 0 Å². The van der Waals surface area contributed by atoms with Gasteiger partial charge in [-0.3, -0.25) is 14.8 Å². The fourth-order valence-corrected chi connectivity index (χ4v) is 3.84. The quantitative estimate of drug-likeness (QED) is 0.477. The Balaban J connectivity index is 1.36. The summed E-state index contributed by atoms with van der Waals surface area (Å²) in [5.41, 5.74) is 2.97. The van der Waals surface area contributed by atoms with E-state index in [4.69, 9.17) is 4.74 Å². The van der Waals surface area contributed by atoms with Gasteiger partial charge in [0.1, 0.15) is 5.69 Å². The Morgan fingerprint density at radius 1 is 1.07 bits per heavy atom. The van der Waals surface area contributed by atoms with E-state index in [1.165, 1.54) is 0 Å². The summed E-state index contributed by atoms with van der Waals surface area (Å²) in [6, 6.07) is 4.30. The molecule has 0 N–H and O–H groups in total. The number of pyridine rings is 2. The minimum atomic E-state index is -0.0337. The van der Waals surface area contributed by atoms with E-state index in [1.807, 2.05) is 34.5 Å². The topological polar surface area (TPSA) is 87.7 Å². The van der Waals surface area contributed by atoms with E-state index in [1.54, 1.807) is 31.2 Å². The zero-order chi connectivity index (χ0) is 20.5. The number of Topliss-reactive ketones (excluding diaryl/α,β-unsaturated/α-hetero) is 1. The van der Waals surface area contributed by atoms with E-state index in [9.17, 15) is 4.79 Å². The maximum absolute atomic E-state index is 12.8. The van der Waals surface area contributed by atoms with Crippen molar-refractivity contribution in [3.63, 3.8) is 0 Å². The van der Waals surface area contributed by atoms with Crippen molar-refractivity contribution in [2.24, 2.45) is 7.05 Å². The highest BCUT2D eigenvalue weighted by Gasteiger charge is 2.18. The van der Waals surface area contributed by atoms with Gasteiger partial charge >= 0.3 is 0 Å². The predicted molar refractivity (Wildman–Crippen MR) is 111 cm³/mol. The summed E-state index contributed by atoms with van der Waals surface area (Å²) in [5.74, 6) is -0.0337. The average Bonchev–Trinajstić information content (AvgIpc) is 3.43. The fraction of sp³-hybridized carbons (Fsp3) is 0.318. The molecule has 1 fully saturated rings. The molecule has 0 saturated carbocycles. The summed E-state index contributed by atoms with van der Waals surface area (Å²) in [6.07, 6.45) is 12.8. The van der Waals surface area contributed by atoms with Crippen LogP contribution in [0.5, 0.6) is 0 Å². The van der Waals surface area contributed by atoms with Crippen molar-refractivity contribution in [3.8, 4) is 11.4 Å². The van der Waals surface area contributed by atoms with Crippen LogP contribution in [0.2, 0.25) is 0 Å². The van der Waals surface area contributed by atoms with Crippen molar-refractivity contribution in [1.82, 2.24) is 29.1 Å². The molecular weight excluding hydrogens is 380 g/mol. The van der Waals surface area contributed by atoms with Gasteiger partial charge in [-0.1, -0.05) is 0 Å². The number of ether oxygens (including phenoxy) is 1. The van der Waals surface area contributed by atoms with Crippen LogP contribution in [0.3, 0.4) is 0 Å². The lowest BCUT2D eigenvalue weighted by Crippen LogP contribution is -2.18. The van der Waals surface area contributed by atoms with Crippen LogP contribution in [0.1, 0.15) is 35.1 Å². The lowest BCUT2D eigenvalue weighted by atomic mass is 10.1. The SMILES string of the molecule is Cn1cncc1-c1cc2cc(CC(=O)c3cn(C4CCOCC4)cn3)ncc2cn1. The van der Waals surface area contributed by atoms with Gasteiger partial charge in [-0.15, -0.1) is 0 Å². The van der Waals surface area contributed by atoms with E-state index in [0.717, 1.165) is 53.9 Å². The molecule has 0 atom stereocenters. The number of carbonyl (C=O) groups is 1. The Bertz CT molecular complexity index is 1210. The molecule has 0 aromatic carbocycles. The van der Waals surface area contributed by atoms with E-state index >= 15 is 0 Å². The van der Waals surface area contributed by atoms with Crippen LogP contribution in [-0.2, 0) is 18.2 Å². The molecule has 0 radical (unpaired) electrons. The third kappa shape index (κ3) is 3.61. The predicted octanol–water partition coefficient (Wildman–Crippen LogP) is 3.00. The molecule has 30 heavy (non-hydrogen) atoms. The smallest absolute Gasteiger partial charge is 0.188 e. The first kappa shape index (κ1) is 18.6. The Morgan fingerprint density at radius 2 is 1.90 bits per heavy atom. The first-order valence-electron chi connectivity index (χ1n) is 10.0. The van der Waals surface area contributed by atoms with Crippen molar-refractivity contribution < 1.29 is 9.53 Å². The van der Waals surface area contributed by atoms with Gasteiger partial charge < -0.3 is 13.9 Å². The van der Waals surface area contributed by atoms with Crippen molar-refractivity contribution >= 4 is 16.6 Å². The summed E-state index contributed by atoms with van der Waals surface area (Å²) in [4.78, 5) is 30.2. The molecule has 1 aliphatic rings. The van der Waals surface area contributed by atoms with Gasteiger partial charge in [-0.05, 0) is 30.4 Å². The van der Waals surface area contributed by atoms with Crippen LogP contribution >= 0.6 is 0 Å². The molecule has 0 unspecified atom stereocenters. The fourth-order valence-electron chi connectivity index (χ4n) is 3.84. The number of hydrogen-bond donors (Lipinski definition) is 0. The van der Waals surface area contributed by atoms with Gasteiger partial charge in [0.25, 0.3) is 0 Å². The first-order chi connectivity index (χ1) is 14.7. The summed E-state index contributed by atoms with van der Waals surface area (Å²) in [5, 5.41) is 1.92. The van der Waals surface area contributed by atoms with Crippen molar-refractivity contribution in [3.05, 3.63) is 61.0 Å². The van der Waals surface area contributed by atoms with Crippen molar-refractivity contribution in [2.45, 2.75) is 25.3 Å². The second kappa shape index (κ2) is 7.79. The van der Waals surface area contributed by atoms with Crippen LogP contribution in [0.25, 0.3) is 22.2 Å². The third-order valence-electron chi connectivity index (χ3n) is 5.58. The molecule has 5 rings (SSSR count). The summed E-state index contributed by atoms with van der Waals surface area (Å²) < 4.78 is 9.37. The Hall–Kier alpha value is -3.39. The molecule has 0 spiro atoms. The van der Waals surface area contributed by atoms with Crippen LogP contribution in [0, 0.1) is 0 Å². The number of imidazole rings is 2. The van der Waals surface area contributed by atoms with Crippen molar-refractivity contribution in [1.29, 1.82) is 0 Å². The molecule has 1 saturated heterocycles. The number of aryl methyl sites for hydroxylation is 1. The molecule has 4 aromatic heterocycles. The second-order valence-electron chi connectivity index (χ2n) is 7.63. The summed E-state index contributed by atoms with van der Waals surface area (Å²) >= 11 is 0. The van der Waals surface area contributed by atoms with Gasteiger partial charge in [0, 0.05) is 56.0 Å². The Labute approximate surface area is 173 Å². The summed E-state index contributed by atoms with van der Waals surface area (Å²) in [6.45, 7) is 1.51. The van der Waals surface area contributed by atoms with Gasteiger partial charge in [-0.2, -0.15) is 0 Å². The molecule has 0 aliphatic carbocycles. The zero-order valence-electron chi connectivity index (χ0n) is 16.7. The Morgan fingerprint density at radius 3 is 2.70 bits per heavy atom. The largest absolute Gasteiger partial charge is 0.381 e. The molecule has 1 aliphatic heterocycles. The number of rotatable bonds is 5. The average molecular weight is 402 g/mol. The van der Waals surface area contributed by atoms with E-state index in [2.05, 4.69) is 19.9 Å². The molecule has 8 nitrogen and oxygen atoms in total. The van der Waals surface area contributed by atoms with E-state index in [-0.39, 0.29) is 12.2 Å². The standard InChI is InChI=1S/C22H22N6O2/c1-27-13-23-11-21(27)19-7-15-6-17(24-9-16(15)10-25-19)8-22(29)20-12-28(14-26-20)18-2-4-30-5-3-18/h6-7,9-14,18H,2-5,8H2,1H3. The summed E-state index contributed by atoms with van der Waals surface area (Å²) in [7, 11) is 1.93. The number of fused-ring (bicyclic) bond motifs is 1. The lowest BCUT2D eigenvalue weighted by Gasteiger charge is -2.22. The maximum atomic E-state index is 12.8. The molecule has 5 heterocycles. The highest BCUT2D eigenvalue weighted by molar-refractivity contribution is 5.96. The Kier molecular flexibility index (Phi) is 4.84. The monoisotopic (exact) mass is 402 g/mol.